The van der Waals surface area contributed by atoms with Crippen molar-refractivity contribution in [3.63, 3.8) is 0 Å². The highest BCUT2D eigenvalue weighted by molar-refractivity contribution is 5.99. The molecule has 1 fully saturated rings. The fraction of sp³-hybridized carbons (Fsp3) is 0.368. The predicted molar refractivity (Wildman–Crippen MR) is 97.4 cm³/mol. The minimum absolute atomic E-state index is 0.112. The van der Waals surface area contributed by atoms with Crippen LogP contribution in [0.3, 0.4) is 0 Å². The Balaban J connectivity index is 1.68. The Hall–Kier alpha value is -3.18. The average molecular weight is 371 g/mol. The molecule has 1 aromatic rings. The third-order valence-corrected chi connectivity index (χ3v) is 3.87. The van der Waals surface area contributed by atoms with Crippen LogP contribution in [-0.4, -0.2) is 54.8 Å². The summed E-state index contributed by atoms with van der Waals surface area (Å²) in [5.74, 6) is 1.20. The van der Waals surface area contributed by atoms with Gasteiger partial charge in [0, 0.05) is 25.1 Å². The van der Waals surface area contributed by atoms with Crippen LogP contribution >= 0.6 is 0 Å². The van der Waals surface area contributed by atoms with Gasteiger partial charge in [0.2, 0.25) is 23.6 Å². The summed E-state index contributed by atoms with van der Waals surface area (Å²) in [4.78, 5) is 47.3. The molecule has 2 rings (SSSR count). The predicted octanol–water partition coefficient (Wildman–Crippen LogP) is 0.0826. The smallest absolute Gasteiger partial charge is 0.250 e. The molecule has 2 N–H and O–H groups in total. The van der Waals surface area contributed by atoms with Crippen molar-refractivity contribution in [2.75, 3.05) is 31.6 Å². The number of nitrogens with zero attached hydrogens (tertiary/aromatic N) is 1. The van der Waals surface area contributed by atoms with Gasteiger partial charge < -0.3 is 15.4 Å². The van der Waals surface area contributed by atoms with Crippen LogP contribution in [0.4, 0.5) is 5.69 Å². The third-order valence-electron chi connectivity index (χ3n) is 3.87. The van der Waals surface area contributed by atoms with Crippen LogP contribution in [0.2, 0.25) is 0 Å². The Bertz CT molecular complexity index is 752. The number of carbonyl (C=O) groups excluding carboxylic acids is 4. The minimum Gasteiger partial charge on any atom is -0.362 e. The van der Waals surface area contributed by atoms with Gasteiger partial charge >= 0.3 is 0 Å². The first kappa shape index (κ1) is 20.1. The topological polar surface area (TPSA) is 105 Å². The summed E-state index contributed by atoms with van der Waals surface area (Å²) >= 11 is 0. The van der Waals surface area contributed by atoms with E-state index in [0.717, 1.165) is 5.56 Å². The first-order valence-corrected chi connectivity index (χ1v) is 8.49. The molecule has 1 saturated heterocycles. The van der Waals surface area contributed by atoms with E-state index >= 15 is 0 Å². The molecule has 142 valence electrons. The largest absolute Gasteiger partial charge is 0.362 e. The van der Waals surface area contributed by atoms with Crippen LogP contribution in [-0.2, 0) is 30.3 Å². The van der Waals surface area contributed by atoms with Crippen LogP contribution < -0.4 is 10.6 Å². The molecule has 0 atom stereocenters. The van der Waals surface area contributed by atoms with Gasteiger partial charge in [0.25, 0.3) is 0 Å². The summed E-state index contributed by atoms with van der Waals surface area (Å²) in [6.45, 7) is 0.113. The number of imide groups is 1. The van der Waals surface area contributed by atoms with E-state index in [0.29, 0.717) is 25.1 Å². The van der Waals surface area contributed by atoms with Crippen molar-refractivity contribution in [2.24, 2.45) is 0 Å². The number of ether oxygens (including phenoxy) is 1. The number of hydrogen-bond donors (Lipinski definition) is 2. The van der Waals surface area contributed by atoms with Gasteiger partial charge in [0.05, 0.1) is 6.54 Å². The van der Waals surface area contributed by atoms with Gasteiger partial charge in [-0.1, -0.05) is 18.1 Å². The molecule has 1 heterocycles. The van der Waals surface area contributed by atoms with Crippen LogP contribution in [0.1, 0.15) is 18.4 Å². The van der Waals surface area contributed by atoms with Gasteiger partial charge in [-0.05, 0) is 24.1 Å². The number of benzene rings is 1. The molecular formula is C19H21N3O5. The average Bonchev–Trinajstić information content (AvgIpc) is 2.64. The van der Waals surface area contributed by atoms with E-state index in [-0.39, 0.29) is 49.8 Å². The number of likely N-dealkylation sites (tertiary alicyclic amines) is 1. The number of nitrogens with one attached hydrogen (secondary N) is 2. The fourth-order valence-corrected chi connectivity index (χ4v) is 2.35. The Kier molecular flexibility index (Phi) is 7.52. The number of hydrogen-bond acceptors (Lipinski definition) is 5. The van der Waals surface area contributed by atoms with E-state index in [9.17, 15) is 19.2 Å². The van der Waals surface area contributed by atoms with Gasteiger partial charge in [-0.3, -0.25) is 24.1 Å². The molecule has 0 aromatic heterocycles. The lowest BCUT2D eigenvalue weighted by molar-refractivity contribution is -0.152. The molecular weight excluding hydrogens is 350 g/mol. The SMILES string of the molecule is C#CCNC(=O)COCC(=O)Nc1ccc(CCC(=O)N2CCC2=O)cc1. The summed E-state index contributed by atoms with van der Waals surface area (Å²) in [6.07, 6.45) is 6.24. The number of β-lactam (4-membered cyclic amide) rings is 1. The number of anilines is 1. The van der Waals surface area contributed by atoms with E-state index in [4.69, 9.17) is 11.2 Å². The summed E-state index contributed by atoms with van der Waals surface area (Å²) in [5.41, 5.74) is 1.50. The Morgan fingerprint density at radius 1 is 1.15 bits per heavy atom. The molecule has 1 aromatic carbocycles. The normalized spacial score (nSPS) is 12.7. The van der Waals surface area contributed by atoms with Crippen LogP contribution in [0.5, 0.6) is 0 Å². The quantitative estimate of drug-likeness (QED) is 0.473. The van der Waals surface area contributed by atoms with Crippen LogP contribution in [0, 0.1) is 12.3 Å². The van der Waals surface area contributed by atoms with Crippen LogP contribution in [0.25, 0.3) is 0 Å². The zero-order valence-electron chi connectivity index (χ0n) is 14.8. The Morgan fingerprint density at radius 3 is 2.44 bits per heavy atom. The van der Waals surface area contributed by atoms with Gasteiger partial charge in [0.15, 0.2) is 0 Å². The lowest BCUT2D eigenvalue weighted by Gasteiger charge is -2.28. The standard InChI is InChI=1S/C19H21N3O5/c1-2-10-20-16(23)12-27-13-17(24)21-15-6-3-14(4-7-15)5-8-18(25)22-11-9-19(22)26/h1,3-4,6-7H,5,8-13H2,(H,20,23)(H,21,24). The molecule has 0 radical (unpaired) electrons. The Morgan fingerprint density at radius 2 is 1.85 bits per heavy atom. The molecule has 0 unspecified atom stereocenters. The maximum absolute atomic E-state index is 11.8. The first-order valence-electron chi connectivity index (χ1n) is 8.49. The second-order valence-electron chi connectivity index (χ2n) is 5.91. The third kappa shape index (κ3) is 6.56. The molecule has 0 bridgehead atoms. The summed E-state index contributed by atoms with van der Waals surface area (Å²) < 4.78 is 5.00. The molecule has 0 spiro atoms. The maximum Gasteiger partial charge on any atom is 0.250 e. The molecule has 0 saturated carbocycles. The fourth-order valence-electron chi connectivity index (χ4n) is 2.35. The van der Waals surface area contributed by atoms with Crippen molar-refractivity contribution in [1.29, 1.82) is 0 Å². The zero-order valence-corrected chi connectivity index (χ0v) is 14.8. The van der Waals surface area contributed by atoms with Crippen molar-refractivity contribution < 1.29 is 23.9 Å². The van der Waals surface area contributed by atoms with Crippen molar-refractivity contribution in [1.82, 2.24) is 10.2 Å². The van der Waals surface area contributed by atoms with E-state index in [1.807, 2.05) is 0 Å². The number of rotatable bonds is 9. The second kappa shape index (κ2) is 10.1. The van der Waals surface area contributed by atoms with Gasteiger partial charge in [-0.15, -0.1) is 6.42 Å². The van der Waals surface area contributed by atoms with Gasteiger partial charge in [-0.2, -0.15) is 0 Å². The molecule has 1 aliphatic rings. The van der Waals surface area contributed by atoms with Crippen LogP contribution in [0.15, 0.2) is 24.3 Å². The molecule has 27 heavy (non-hydrogen) atoms. The lowest BCUT2D eigenvalue weighted by Crippen LogP contribution is -2.47. The maximum atomic E-state index is 11.8. The Labute approximate surface area is 157 Å². The molecule has 8 heteroatoms. The number of carbonyl (C=O) groups is 4. The highest BCUT2D eigenvalue weighted by Gasteiger charge is 2.29. The number of terminal acetylenes is 1. The van der Waals surface area contributed by atoms with Crippen molar-refractivity contribution >= 4 is 29.3 Å². The van der Waals surface area contributed by atoms with E-state index < -0.39 is 0 Å². The second-order valence-corrected chi connectivity index (χ2v) is 5.91. The number of amides is 4. The highest BCUT2D eigenvalue weighted by atomic mass is 16.5. The summed E-state index contributed by atoms with van der Waals surface area (Å²) in [6, 6.07) is 7.03. The molecule has 1 aliphatic heterocycles. The first-order chi connectivity index (χ1) is 13.0. The summed E-state index contributed by atoms with van der Waals surface area (Å²) in [5, 5.41) is 5.07. The minimum atomic E-state index is -0.390. The lowest BCUT2D eigenvalue weighted by atomic mass is 10.1. The zero-order chi connectivity index (χ0) is 19.6. The highest BCUT2D eigenvalue weighted by Crippen LogP contribution is 2.14. The number of aryl methyl sites for hydroxylation is 1. The monoisotopic (exact) mass is 371 g/mol. The van der Waals surface area contributed by atoms with Gasteiger partial charge in [0.1, 0.15) is 13.2 Å². The van der Waals surface area contributed by atoms with E-state index in [1.165, 1.54) is 4.90 Å². The van der Waals surface area contributed by atoms with E-state index in [1.54, 1.807) is 24.3 Å². The van der Waals surface area contributed by atoms with Crippen molar-refractivity contribution in [3.8, 4) is 12.3 Å². The van der Waals surface area contributed by atoms with Crippen molar-refractivity contribution in [2.45, 2.75) is 19.3 Å². The van der Waals surface area contributed by atoms with Crippen molar-refractivity contribution in [3.05, 3.63) is 29.8 Å². The van der Waals surface area contributed by atoms with E-state index in [2.05, 4.69) is 16.6 Å². The molecule has 8 nitrogen and oxygen atoms in total. The summed E-state index contributed by atoms with van der Waals surface area (Å²) in [7, 11) is 0. The molecule has 0 aliphatic carbocycles. The molecule has 4 amide bonds. The van der Waals surface area contributed by atoms with Gasteiger partial charge in [-0.25, -0.2) is 0 Å².